The summed E-state index contributed by atoms with van der Waals surface area (Å²) in [4.78, 5) is 2.15. The largest absolute Gasteiger partial charge is 0.333 e. The Hall–Kier alpha value is -1.01. The van der Waals surface area contributed by atoms with Crippen molar-refractivity contribution < 1.29 is 8.78 Å². The molecule has 0 spiro atoms. The highest BCUT2D eigenvalue weighted by Crippen LogP contribution is 2.17. The molecule has 2 unspecified atom stereocenters. The lowest BCUT2D eigenvalue weighted by Crippen LogP contribution is -2.28. The number of halogens is 2. The van der Waals surface area contributed by atoms with Crippen molar-refractivity contribution in [2.45, 2.75) is 26.1 Å². The second kappa shape index (κ2) is 4.47. The molecule has 1 fully saturated rings. The first-order chi connectivity index (χ1) is 7.56. The maximum absolute atomic E-state index is 12.3. The topological polar surface area (TPSA) is 47.1 Å². The molecule has 0 radical (unpaired) electrons. The van der Waals surface area contributed by atoms with Crippen LogP contribution in [-0.2, 0) is 6.54 Å². The number of alkyl halides is 2. The summed E-state index contributed by atoms with van der Waals surface area (Å²) in [6.07, 6.45) is 1.30. The predicted molar refractivity (Wildman–Crippen MR) is 55.9 cm³/mol. The first-order valence-electron chi connectivity index (χ1n) is 5.36. The van der Waals surface area contributed by atoms with E-state index >= 15 is 0 Å². The zero-order valence-electron chi connectivity index (χ0n) is 9.18. The van der Waals surface area contributed by atoms with Crippen molar-refractivity contribution in [2.75, 3.05) is 13.1 Å². The Bertz CT molecular complexity index is 342. The van der Waals surface area contributed by atoms with Gasteiger partial charge in [-0.05, 0) is 12.0 Å². The van der Waals surface area contributed by atoms with Crippen LogP contribution in [0.5, 0.6) is 0 Å². The van der Waals surface area contributed by atoms with Gasteiger partial charge in [0.2, 0.25) is 0 Å². The Morgan fingerprint density at radius 2 is 2.31 bits per heavy atom. The fraction of sp³-hybridized carbons (Fsp3) is 0.700. The zero-order chi connectivity index (χ0) is 11.7. The standard InChI is InChI=1S/C10H16F2N4/c1-7-4-15(6-9(7)13)5-8-2-3-16(14-8)10(11)12/h2-3,7,9-10H,4-6,13H2,1H3. The molecule has 2 N–H and O–H groups in total. The molecule has 1 aromatic heterocycles. The van der Waals surface area contributed by atoms with E-state index in [1.54, 1.807) is 6.07 Å². The van der Waals surface area contributed by atoms with Gasteiger partial charge in [0.25, 0.3) is 0 Å². The highest BCUT2D eigenvalue weighted by atomic mass is 19.3. The monoisotopic (exact) mass is 230 g/mol. The van der Waals surface area contributed by atoms with Crippen molar-refractivity contribution >= 4 is 0 Å². The summed E-state index contributed by atoms with van der Waals surface area (Å²) in [6, 6.07) is 1.80. The van der Waals surface area contributed by atoms with Crippen molar-refractivity contribution in [3.63, 3.8) is 0 Å². The normalized spacial score (nSPS) is 26.8. The first kappa shape index (κ1) is 11.5. The van der Waals surface area contributed by atoms with Crippen LogP contribution in [0.4, 0.5) is 8.78 Å². The van der Waals surface area contributed by atoms with Gasteiger partial charge >= 0.3 is 6.55 Å². The third-order valence-corrected chi connectivity index (χ3v) is 3.00. The zero-order valence-corrected chi connectivity index (χ0v) is 9.18. The van der Waals surface area contributed by atoms with Gasteiger partial charge in [-0.2, -0.15) is 13.9 Å². The third kappa shape index (κ3) is 2.38. The quantitative estimate of drug-likeness (QED) is 0.844. The molecule has 0 saturated carbocycles. The van der Waals surface area contributed by atoms with E-state index < -0.39 is 6.55 Å². The lowest BCUT2D eigenvalue weighted by Gasteiger charge is -2.12. The number of hydrogen-bond acceptors (Lipinski definition) is 3. The minimum Gasteiger partial charge on any atom is -0.326 e. The van der Waals surface area contributed by atoms with Gasteiger partial charge in [-0.25, -0.2) is 4.68 Å². The second-order valence-electron chi connectivity index (χ2n) is 4.40. The Morgan fingerprint density at radius 3 is 2.81 bits per heavy atom. The van der Waals surface area contributed by atoms with Crippen molar-refractivity contribution in [3.05, 3.63) is 18.0 Å². The fourth-order valence-electron chi connectivity index (χ4n) is 2.02. The van der Waals surface area contributed by atoms with E-state index in [0.29, 0.717) is 22.8 Å². The van der Waals surface area contributed by atoms with Crippen LogP contribution in [0.15, 0.2) is 12.3 Å². The molecule has 2 atom stereocenters. The van der Waals surface area contributed by atoms with E-state index in [1.165, 1.54) is 6.20 Å². The summed E-state index contributed by atoms with van der Waals surface area (Å²) in [5.41, 5.74) is 6.56. The summed E-state index contributed by atoms with van der Waals surface area (Å²) >= 11 is 0. The average molecular weight is 230 g/mol. The maximum atomic E-state index is 12.3. The number of rotatable bonds is 3. The van der Waals surface area contributed by atoms with Gasteiger partial charge in [-0.1, -0.05) is 6.92 Å². The molecule has 2 heterocycles. The molecule has 2 rings (SSSR count). The van der Waals surface area contributed by atoms with Crippen LogP contribution in [0.2, 0.25) is 0 Å². The number of hydrogen-bond donors (Lipinski definition) is 1. The Balaban J connectivity index is 1.94. The molecule has 1 aliphatic rings. The SMILES string of the molecule is CC1CN(Cc2ccn(C(F)F)n2)CC1N. The van der Waals surface area contributed by atoms with Gasteiger partial charge in [-0.15, -0.1) is 0 Å². The van der Waals surface area contributed by atoms with Crippen LogP contribution in [0.25, 0.3) is 0 Å². The van der Waals surface area contributed by atoms with E-state index in [1.807, 2.05) is 0 Å². The van der Waals surface area contributed by atoms with Crippen LogP contribution >= 0.6 is 0 Å². The van der Waals surface area contributed by atoms with Gasteiger partial charge in [0.05, 0.1) is 5.69 Å². The molecule has 0 aromatic carbocycles. The molecular formula is C10H16F2N4. The molecule has 0 bridgehead atoms. The molecule has 4 nitrogen and oxygen atoms in total. The van der Waals surface area contributed by atoms with Crippen LogP contribution in [-0.4, -0.2) is 33.8 Å². The number of nitrogens with zero attached hydrogens (tertiary/aromatic N) is 3. The molecule has 6 heteroatoms. The molecule has 0 amide bonds. The van der Waals surface area contributed by atoms with Crippen molar-refractivity contribution in [2.24, 2.45) is 11.7 Å². The van der Waals surface area contributed by atoms with E-state index in [9.17, 15) is 8.78 Å². The average Bonchev–Trinajstić information content (AvgIpc) is 2.76. The van der Waals surface area contributed by atoms with Crippen LogP contribution in [0, 0.1) is 5.92 Å². The summed E-state index contributed by atoms with van der Waals surface area (Å²) < 4.78 is 25.2. The van der Waals surface area contributed by atoms with E-state index in [2.05, 4.69) is 16.9 Å². The second-order valence-corrected chi connectivity index (χ2v) is 4.40. The fourth-order valence-corrected chi connectivity index (χ4v) is 2.02. The molecule has 1 aliphatic heterocycles. The van der Waals surface area contributed by atoms with Crippen molar-refractivity contribution in [1.29, 1.82) is 0 Å². The van der Waals surface area contributed by atoms with Crippen molar-refractivity contribution in [3.8, 4) is 0 Å². The highest BCUT2D eigenvalue weighted by Gasteiger charge is 2.26. The molecule has 1 aromatic rings. The van der Waals surface area contributed by atoms with E-state index in [0.717, 1.165) is 13.1 Å². The summed E-state index contributed by atoms with van der Waals surface area (Å²) in [7, 11) is 0. The van der Waals surface area contributed by atoms with Gasteiger partial charge < -0.3 is 5.73 Å². The highest BCUT2D eigenvalue weighted by molar-refractivity contribution is 5.00. The van der Waals surface area contributed by atoms with Crippen molar-refractivity contribution in [1.82, 2.24) is 14.7 Å². The Kier molecular flexibility index (Phi) is 3.20. The number of aromatic nitrogens is 2. The molecule has 1 saturated heterocycles. The Labute approximate surface area is 93.0 Å². The minimum atomic E-state index is -2.56. The Morgan fingerprint density at radius 1 is 1.56 bits per heavy atom. The van der Waals surface area contributed by atoms with Gasteiger partial charge in [0, 0.05) is 31.9 Å². The van der Waals surface area contributed by atoms with E-state index in [4.69, 9.17) is 5.73 Å². The molecular weight excluding hydrogens is 214 g/mol. The lowest BCUT2D eigenvalue weighted by molar-refractivity contribution is 0.0558. The first-order valence-corrected chi connectivity index (χ1v) is 5.36. The summed E-state index contributed by atoms with van der Waals surface area (Å²) in [5.74, 6) is 0.456. The molecule has 0 aliphatic carbocycles. The van der Waals surface area contributed by atoms with Gasteiger partial charge in [0.1, 0.15) is 0 Å². The van der Waals surface area contributed by atoms with Crippen LogP contribution in [0.3, 0.4) is 0 Å². The smallest absolute Gasteiger partial charge is 0.326 e. The third-order valence-electron chi connectivity index (χ3n) is 3.00. The minimum absolute atomic E-state index is 0.178. The summed E-state index contributed by atoms with van der Waals surface area (Å²) in [5, 5.41) is 3.81. The number of likely N-dealkylation sites (tertiary alicyclic amines) is 1. The maximum Gasteiger partial charge on any atom is 0.333 e. The molecule has 16 heavy (non-hydrogen) atoms. The van der Waals surface area contributed by atoms with Gasteiger partial charge in [0.15, 0.2) is 0 Å². The predicted octanol–water partition coefficient (Wildman–Crippen LogP) is 1.06. The number of nitrogens with two attached hydrogens (primary N) is 1. The van der Waals surface area contributed by atoms with Crippen LogP contribution < -0.4 is 5.73 Å². The van der Waals surface area contributed by atoms with Crippen LogP contribution in [0.1, 0.15) is 19.2 Å². The van der Waals surface area contributed by atoms with Gasteiger partial charge in [-0.3, -0.25) is 4.90 Å². The summed E-state index contributed by atoms with van der Waals surface area (Å²) in [6.45, 7) is 1.85. The van der Waals surface area contributed by atoms with E-state index in [-0.39, 0.29) is 6.04 Å². The lowest BCUT2D eigenvalue weighted by atomic mass is 10.1. The molecule has 90 valence electrons.